The molecule has 1 aliphatic carbocycles. The number of anilines is 1. The lowest BCUT2D eigenvalue weighted by Gasteiger charge is -2.20. The molecule has 1 spiro atoms. The van der Waals surface area contributed by atoms with E-state index in [-0.39, 0.29) is 5.63 Å². The van der Waals surface area contributed by atoms with E-state index in [2.05, 4.69) is 62.1 Å². The minimum atomic E-state index is -0.288. The van der Waals surface area contributed by atoms with Crippen LogP contribution in [0.2, 0.25) is 0 Å². The van der Waals surface area contributed by atoms with Gasteiger partial charge >= 0.3 is 5.63 Å². The predicted molar refractivity (Wildman–Crippen MR) is 135 cm³/mol. The summed E-state index contributed by atoms with van der Waals surface area (Å²) >= 11 is 1.82. The number of benzene rings is 2. The van der Waals surface area contributed by atoms with E-state index in [9.17, 15) is 4.79 Å². The highest BCUT2D eigenvalue weighted by Crippen LogP contribution is 2.59. The zero-order valence-electron chi connectivity index (χ0n) is 19.0. The molecule has 32 heavy (non-hydrogen) atoms. The van der Waals surface area contributed by atoms with Gasteiger partial charge in [-0.05, 0) is 87.4 Å². The van der Waals surface area contributed by atoms with Gasteiger partial charge in [0.1, 0.15) is 5.58 Å². The quantitative estimate of drug-likeness (QED) is 0.395. The molecule has 3 nitrogen and oxygen atoms in total. The van der Waals surface area contributed by atoms with Gasteiger partial charge in [-0.3, -0.25) is 0 Å². The Balaban J connectivity index is 1.50. The molecule has 4 heteroatoms. The van der Waals surface area contributed by atoms with E-state index in [4.69, 9.17) is 4.42 Å². The van der Waals surface area contributed by atoms with Gasteiger partial charge < -0.3 is 9.32 Å². The van der Waals surface area contributed by atoms with Crippen LogP contribution < -0.4 is 10.5 Å². The number of nitrogens with zero attached hydrogens (tertiary/aromatic N) is 1. The third-order valence-corrected chi connectivity index (χ3v) is 8.31. The van der Waals surface area contributed by atoms with Gasteiger partial charge in [-0.25, -0.2) is 4.79 Å². The Kier molecular flexibility index (Phi) is 5.50. The van der Waals surface area contributed by atoms with E-state index in [0.717, 1.165) is 30.6 Å². The number of allylic oxidation sites excluding steroid dienone is 2. The van der Waals surface area contributed by atoms with Gasteiger partial charge in [0, 0.05) is 40.0 Å². The normalized spacial score (nSPS) is 17.1. The van der Waals surface area contributed by atoms with Crippen LogP contribution in [-0.2, 0) is 6.42 Å². The SMILES string of the molecule is CCN(CC)c1ccc2cc(C=CC3=C(C)C4(CC4)Cc4ccccc4S3)c(=O)oc2c1. The van der Waals surface area contributed by atoms with Crippen LogP contribution in [0.15, 0.2) is 79.2 Å². The molecular formula is C28H29NO2S. The molecule has 0 N–H and O–H groups in total. The minimum Gasteiger partial charge on any atom is -0.422 e. The molecular weight excluding hydrogens is 414 g/mol. The van der Waals surface area contributed by atoms with Gasteiger partial charge in [0.25, 0.3) is 0 Å². The molecule has 0 atom stereocenters. The summed E-state index contributed by atoms with van der Waals surface area (Å²) in [6.45, 7) is 8.37. The van der Waals surface area contributed by atoms with E-state index in [1.54, 1.807) is 0 Å². The third kappa shape index (κ3) is 3.81. The van der Waals surface area contributed by atoms with E-state index < -0.39 is 0 Å². The molecule has 5 rings (SSSR count). The zero-order valence-corrected chi connectivity index (χ0v) is 19.8. The van der Waals surface area contributed by atoms with Crippen molar-refractivity contribution in [3.05, 3.63) is 86.6 Å². The molecule has 0 radical (unpaired) electrons. The molecule has 2 aliphatic rings. The van der Waals surface area contributed by atoms with Crippen molar-refractivity contribution < 1.29 is 4.42 Å². The third-order valence-electron chi connectivity index (χ3n) is 7.03. The fourth-order valence-corrected chi connectivity index (χ4v) is 5.91. The molecule has 2 heterocycles. The summed E-state index contributed by atoms with van der Waals surface area (Å²) in [5, 5.41) is 0.948. The van der Waals surface area contributed by atoms with Crippen LogP contribution in [0.1, 0.15) is 44.7 Å². The first-order valence-corrected chi connectivity index (χ1v) is 12.3. The zero-order chi connectivity index (χ0) is 22.3. The second-order valence-corrected chi connectivity index (χ2v) is 9.96. The molecule has 1 saturated carbocycles. The van der Waals surface area contributed by atoms with Gasteiger partial charge in [0.2, 0.25) is 0 Å². The summed E-state index contributed by atoms with van der Waals surface area (Å²) in [5.41, 5.74) is 5.21. The average Bonchev–Trinajstić information content (AvgIpc) is 3.59. The second-order valence-electron chi connectivity index (χ2n) is 8.87. The van der Waals surface area contributed by atoms with Crippen molar-refractivity contribution in [1.29, 1.82) is 0 Å². The summed E-state index contributed by atoms with van der Waals surface area (Å²) in [6, 6.07) is 16.8. The highest BCUT2D eigenvalue weighted by atomic mass is 32.2. The fourth-order valence-electron chi connectivity index (χ4n) is 4.75. The molecule has 0 bridgehead atoms. The Hall–Kier alpha value is -2.72. The van der Waals surface area contributed by atoms with Crippen molar-refractivity contribution >= 4 is 34.5 Å². The number of fused-ring (bicyclic) bond motifs is 2. The Morgan fingerprint density at radius 2 is 1.84 bits per heavy atom. The van der Waals surface area contributed by atoms with Gasteiger partial charge in [-0.2, -0.15) is 0 Å². The smallest absolute Gasteiger partial charge is 0.343 e. The molecule has 0 saturated heterocycles. The van der Waals surface area contributed by atoms with Crippen molar-refractivity contribution in [2.75, 3.05) is 18.0 Å². The van der Waals surface area contributed by atoms with Crippen molar-refractivity contribution in [2.45, 2.75) is 44.9 Å². The number of hydrogen-bond acceptors (Lipinski definition) is 4. The van der Waals surface area contributed by atoms with Crippen molar-refractivity contribution in [1.82, 2.24) is 0 Å². The molecule has 3 aromatic rings. The summed E-state index contributed by atoms with van der Waals surface area (Å²) in [5.74, 6) is 0. The maximum absolute atomic E-state index is 12.8. The Labute approximate surface area is 193 Å². The lowest BCUT2D eigenvalue weighted by molar-refractivity contribution is 0.559. The summed E-state index contributed by atoms with van der Waals surface area (Å²) in [4.78, 5) is 17.6. The van der Waals surface area contributed by atoms with Gasteiger partial charge in [-0.15, -0.1) is 0 Å². The predicted octanol–water partition coefficient (Wildman–Crippen LogP) is 7.06. The van der Waals surface area contributed by atoms with Gasteiger partial charge in [-0.1, -0.05) is 35.5 Å². The number of hydrogen-bond donors (Lipinski definition) is 0. The van der Waals surface area contributed by atoms with E-state index in [1.807, 2.05) is 36.0 Å². The van der Waals surface area contributed by atoms with Crippen LogP contribution >= 0.6 is 11.8 Å². The molecule has 1 fully saturated rings. The summed E-state index contributed by atoms with van der Waals surface area (Å²) in [6.07, 6.45) is 7.66. The summed E-state index contributed by atoms with van der Waals surface area (Å²) < 4.78 is 5.72. The number of rotatable bonds is 5. The van der Waals surface area contributed by atoms with Gasteiger partial charge in [0.05, 0.1) is 5.56 Å². The van der Waals surface area contributed by atoms with Crippen molar-refractivity contribution in [2.24, 2.45) is 5.41 Å². The van der Waals surface area contributed by atoms with Crippen LogP contribution in [0.4, 0.5) is 5.69 Å². The Morgan fingerprint density at radius 3 is 2.59 bits per heavy atom. The summed E-state index contributed by atoms with van der Waals surface area (Å²) in [7, 11) is 0. The second kappa shape index (κ2) is 8.32. The molecule has 164 valence electrons. The molecule has 0 unspecified atom stereocenters. The van der Waals surface area contributed by atoms with Crippen LogP contribution in [0.5, 0.6) is 0 Å². The average molecular weight is 444 g/mol. The molecule has 1 aromatic heterocycles. The highest BCUT2D eigenvalue weighted by Gasteiger charge is 2.46. The molecule has 2 aromatic carbocycles. The van der Waals surface area contributed by atoms with Crippen LogP contribution in [-0.4, -0.2) is 13.1 Å². The highest BCUT2D eigenvalue weighted by molar-refractivity contribution is 8.03. The lowest BCUT2D eigenvalue weighted by Crippen LogP contribution is -2.21. The van der Waals surface area contributed by atoms with Crippen molar-refractivity contribution in [3.63, 3.8) is 0 Å². The van der Waals surface area contributed by atoms with E-state index >= 15 is 0 Å². The fraction of sp³-hybridized carbons (Fsp3) is 0.321. The lowest BCUT2D eigenvalue weighted by atomic mass is 9.89. The first-order chi connectivity index (χ1) is 15.5. The van der Waals surface area contributed by atoms with Crippen LogP contribution in [0, 0.1) is 5.41 Å². The van der Waals surface area contributed by atoms with Crippen LogP contribution in [0.3, 0.4) is 0 Å². The standard InChI is InChI=1S/C28H29NO2S/c1-4-29(5-2)23-12-10-20-16-21(27(30)31-24(20)17-23)11-13-25-19(3)28(14-15-28)18-22-8-6-7-9-26(22)32-25/h6-13,16-17H,4-5,14-15,18H2,1-3H3. The molecule has 0 amide bonds. The van der Waals surface area contributed by atoms with Gasteiger partial charge in [0.15, 0.2) is 0 Å². The Bertz CT molecular complexity index is 1290. The van der Waals surface area contributed by atoms with E-state index in [0.29, 0.717) is 16.6 Å². The topological polar surface area (TPSA) is 33.5 Å². The number of thioether (sulfide) groups is 1. The van der Waals surface area contributed by atoms with Crippen molar-refractivity contribution in [3.8, 4) is 0 Å². The maximum Gasteiger partial charge on any atom is 0.343 e. The Morgan fingerprint density at radius 1 is 1.06 bits per heavy atom. The van der Waals surface area contributed by atoms with Crippen LogP contribution in [0.25, 0.3) is 17.0 Å². The minimum absolute atomic E-state index is 0.288. The largest absolute Gasteiger partial charge is 0.422 e. The maximum atomic E-state index is 12.8. The first kappa shape index (κ1) is 21.1. The molecule has 1 aliphatic heterocycles. The van der Waals surface area contributed by atoms with E-state index in [1.165, 1.54) is 33.8 Å². The first-order valence-electron chi connectivity index (χ1n) is 11.5. The monoisotopic (exact) mass is 443 g/mol.